The topological polar surface area (TPSA) is 163 Å². The van der Waals surface area contributed by atoms with Crippen LogP contribution in [0.4, 0.5) is 0 Å². The monoisotopic (exact) mass is 756 g/mol. The minimum atomic E-state index is -1.04. The van der Waals surface area contributed by atoms with E-state index in [4.69, 9.17) is 15.2 Å². The SMILES string of the molecule is Cc1c[c-]ccc1Cc1c(O[C@@H]2O[C@H](CO)[C@@H](O)[C@H](C)[C@H]2O)n[nH]c1C(C)C.[CH2-]CCNCCC(N)=O.[U+2]. The van der Waals surface area contributed by atoms with Gasteiger partial charge in [0.1, 0.15) is 12.2 Å². The van der Waals surface area contributed by atoms with Crippen LogP contribution in [-0.4, -0.2) is 75.7 Å². The zero-order valence-electron chi connectivity index (χ0n) is 22.7. The molecular weight excluding hydrogens is 714 g/mol. The van der Waals surface area contributed by atoms with Gasteiger partial charge in [0.2, 0.25) is 18.1 Å². The Morgan fingerprint density at radius 2 is 2.05 bits per heavy atom. The number of primary amides is 1. The number of hydrogen-bond acceptors (Lipinski definition) is 8. The van der Waals surface area contributed by atoms with Gasteiger partial charge in [-0.15, -0.1) is 5.10 Å². The van der Waals surface area contributed by atoms with Crippen molar-refractivity contribution < 1.29 is 60.7 Å². The maximum atomic E-state index is 10.5. The molecule has 0 radical (unpaired) electrons. The van der Waals surface area contributed by atoms with E-state index in [0.717, 1.165) is 35.3 Å². The molecule has 0 spiro atoms. The number of carbonyl (C=O) groups is 1. The summed E-state index contributed by atoms with van der Waals surface area (Å²) >= 11 is 0. The predicted octanol–water partition coefficient (Wildman–Crippen LogP) is 1.36. The summed E-state index contributed by atoms with van der Waals surface area (Å²) in [4.78, 5) is 10.1. The third-order valence-corrected chi connectivity index (χ3v) is 6.35. The van der Waals surface area contributed by atoms with E-state index in [-0.39, 0.29) is 49.5 Å². The van der Waals surface area contributed by atoms with E-state index in [1.54, 1.807) is 6.92 Å². The van der Waals surface area contributed by atoms with E-state index in [2.05, 4.69) is 42.4 Å². The molecule has 210 valence electrons. The largest absolute Gasteiger partial charge is 2.00 e. The minimum Gasteiger partial charge on any atom is -0.444 e. The van der Waals surface area contributed by atoms with Gasteiger partial charge in [-0.05, 0) is 18.9 Å². The van der Waals surface area contributed by atoms with Crippen molar-refractivity contribution in [2.75, 3.05) is 19.7 Å². The van der Waals surface area contributed by atoms with Crippen LogP contribution in [0.3, 0.4) is 0 Å². The molecule has 1 fully saturated rings. The fourth-order valence-electron chi connectivity index (χ4n) is 3.98. The van der Waals surface area contributed by atoms with Crippen molar-refractivity contribution in [3.63, 3.8) is 0 Å². The van der Waals surface area contributed by atoms with Crippen molar-refractivity contribution in [2.45, 2.75) is 77.5 Å². The molecule has 1 aliphatic heterocycles. The van der Waals surface area contributed by atoms with Gasteiger partial charge in [0.25, 0.3) is 0 Å². The molecule has 5 atom stereocenters. The number of rotatable bonds is 11. The van der Waals surface area contributed by atoms with Gasteiger partial charge in [-0.3, -0.25) is 9.89 Å². The second kappa shape index (κ2) is 17.3. The molecular formula is C27H42N4O6U. The Labute approximate surface area is 249 Å². The molecule has 1 saturated heterocycles. The van der Waals surface area contributed by atoms with E-state index in [0.29, 0.717) is 25.3 Å². The summed E-state index contributed by atoms with van der Waals surface area (Å²) in [5.41, 5.74) is 8.99. The van der Waals surface area contributed by atoms with E-state index >= 15 is 0 Å². The number of amides is 1. The summed E-state index contributed by atoms with van der Waals surface area (Å²) in [6.07, 6.45) is -1.97. The maximum Gasteiger partial charge on any atom is 2.00 e. The van der Waals surface area contributed by atoms with Gasteiger partial charge < -0.3 is 42.8 Å². The molecule has 1 amide bonds. The second-order valence-electron chi connectivity index (χ2n) is 9.61. The number of aryl methyl sites for hydroxylation is 1. The number of aliphatic hydroxyl groups is 3. The number of H-pyrrole nitrogens is 1. The fourth-order valence-corrected chi connectivity index (χ4v) is 3.98. The number of aromatic amines is 1. The smallest absolute Gasteiger partial charge is 0.444 e. The first-order valence-corrected chi connectivity index (χ1v) is 12.7. The van der Waals surface area contributed by atoms with Crippen LogP contribution in [0, 0.1) is 56.9 Å². The van der Waals surface area contributed by atoms with E-state index in [9.17, 15) is 20.1 Å². The molecule has 2 heterocycles. The van der Waals surface area contributed by atoms with Gasteiger partial charge in [-0.2, -0.15) is 41.8 Å². The van der Waals surface area contributed by atoms with Crippen molar-refractivity contribution >= 4 is 5.91 Å². The standard InChI is InChI=1S/C21H29N2O5.C6H13N2O.U/c1-11(2)17-15(9-14-8-6-5-7-12(14)3)20(23-22-17)28-21-19(26)13(4)18(25)16(10-24)27-21;1-2-4-8-5-3-6(7)9;/h6-8,11,13,16,18-19,21,24-26H,9-10H2,1-4H3,(H,22,23);8H,1-5H2,(H2,7,9);/q2*-1;+2/t13-,16+,18-,19+,21-;;/m0../s1. The third kappa shape index (κ3) is 9.94. The van der Waals surface area contributed by atoms with E-state index < -0.39 is 30.5 Å². The van der Waals surface area contributed by atoms with Crippen LogP contribution in [0.2, 0.25) is 0 Å². The molecule has 1 aliphatic rings. The van der Waals surface area contributed by atoms with Crippen molar-refractivity contribution in [1.29, 1.82) is 0 Å². The maximum absolute atomic E-state index is 10.5. The number of carbonyl (C=O) groups excluding carboxylic acids is 1. The molecule has 1 aromatic carbocycles. The predicted molar refractivity (Wildman–Crippen MR) is 140 cm³/mol. The molecule has 1 aromatic heterocycles. The molecule has 11 heteroatoms. The molecule has 0 aliphatic carbocycles. The molecule has 3 rings (SSSR count). The van der Waals surface area contributed by atoms with Crippen molar-refractivity contribution in [2.24, 2.45) is 11.7 Å². The van der Waals surface area contributed by atoms with Gasteiger partial charge in [0.05, 0.1) is 12.7 Å². The first kappa shape index (κ1) is 34.6. The zero-order chi connectivity index (χ0) is 27.5. The third-order valence-electron chi connectivity index (χ3n) is 6.35. The van der Waals surface area contributed by atoms with Gasteiger partial charge in [0, 0.05) is 30.1 Å². The fraction of sp³-hybridized carbons (Fsp3) is 0.593. The van der Waals surface area contributed by atoms with Crippen LogP contribution in [0.1, 0.15) is 61.9 Å². The number of nitrogens with zero attached hydrogens (tertiary/aromatic N) is 1. The minimum absolute atomic E-state index is 0. The van der Waals surface area contributed by atoms with Crippen LogP contribution in [0.5, 0.6) is 5.88 Å². The Balaban J connectivity index is 0.000000622. The van der Waals surface area contributed by atoms with Gasteiger partial charge in [0.15, 0.2) is 0 Å². The quantitative estimate of drug-likeness (QED) is 0.148. The van der Waals surface area contributed by atoms with Gasteiger partial charge in [-0.1, -0.05) is 27.7 Å². The molecule has 0 saturated carbocycles. The van der Waals surface area contributed by atoms with Crippen LogP contribution in [0.15, 0.2) is 18.2 Å². The number of ether oxygens (including phenoxy) is 2. The van der Waals surface area contributed by atoms with Crippen molar-refractivity contribution in [3.05, 3.63) is 53.6 Å². The summed E-state index contributed by atoms with van der Waals surface area (Å²) in [6, 6.07) is 8.90. The Morgan fingerprint density at radius 3 is 2.63 bits per heavy atom. The van der Waals surface area contributed by atoms with Crippen LogP contribution < -0.4 is 15.8 Å². The number of benzene rings is 1. The molecule has 0 bridgehead atoms. The summed E-state index contributed by atoms with van der Waals surface area (Å²) in [5.74, 6) is -0.194. The molecule has 7 N–H and O–H groups in total. The van der Waals surface area contributed by atoms with Crippen molar-refractivity contribution in [1.82, 2.24) is 15.5 Å². The summed E-state index contributed by atoms with van der Waals surface area (Å²) in [7, 11) is 0. The Bertz CT molecular complexity index is 971. The Morgan fingerprint density at radius 1 is 1.34 bits per heavy atom. The molecule has 38 heavy (non-hydrogen) atoms. The first-order chi connectivity index (χ1) is 17.6. The Kier molecular flexibility index (Phi) is 15.7. The average Bonchev–Trinajstić information content (AvgIpc) is 3.26. The normalized spacial score (nSPS) is 22.8. The number of nitrogens with one attached hydrogen (secondary N) is 2. The molecule has 10 nitrogen and oxygen atoms in total. The summed E-state index contributed by atoms with van der Waals surface area (Å²) in [6.45, 7) is 12.7. The number of hydrogen-bond donors (Lipinski definition) is 6. The van der Waals surface area contributed by atoms with Crippen LogP contribution >= 0.6 is 0 Å². The van der Waals surface area contributed by atoms with Gasteiger partial charge >= 0.3 is 31.1 Å². The Hall–Kier alpha value is -1.45. The molecule has 2 aromatic rings. The van der Waals surface area contributed by atoms with E-state index in [1.807, 2.05) is 25.1 Å². The number of nitrogens with two attached hydrogens (primary N) is 1. The summed E-state index contributed by atoms with van der Waals surface area (Å²) in [5, 5.41) is 40.4. The van der Waals surface area contributed by atoms with Crippen LogP contribution in [0.25, 0.3) is 0 Å². The number of aliphatic hydroxyl groups excluding tert-OH is 3. The number of aromatic nitrogens is 2. The van der Waals surface area contributed by atoms with Crippen LogP contribution in [-0.2, 0) is 16.0 Å². The van der Waals surface area contributed by atoms with E-state index in [1.165, 1.54) is 0 Å². The zero-order valence-corrected chi connectivity index (χ0v) is 26.9. The summed E-state index contributed by atoms with van der Waals surface area (Å²) < 4.78 is 11.5. The molecule has 0 unspecified atom stereocenters. The van der Waals surface area contributed by atoms with Crippen molar-refractivity contribution in [3.8, 4) is 5.88 Å². The first-order valence-electron chi connectivity index (χ1n) is 12.7. The van der Waals surface area contributed by atoms with Gasteiger partial charge in [-0.25, -0.2) is 0 Å². The second-order valence-corrected chi connectivity index (χ2v) is 9.61. The average molecular weight is 757 g/mol.